The van der Waals surface area contributed by atoms with Crippen LogP contribution in [0.5, 0.6) is 0 Å². The normalized spacial score (nSPS) is 60.1. The summed E-state index contributed by atoms with van der Waals surface area (Å²) >= 11 is 0. The number of hydrogen-bond acceptors (Lipinski definition) is 1. The summed E-state index contributed by atoms with van der Waals surface area (Å²) in [5.74, 6) is 0.360. The number of aliphatic hydroxyl groups excluding tert-OH is 1. The largest absolute Gasteiger partial charge is 0.392 e. The molecule has 0 amide bonds. The molecule has 90 valence electrons. The Morgan fingerprint density at radius 2 is 1.81 bits per heavy atom. The van der Waals surface area contributed by atoms with Gasteiger partial charge < -0.3 is 5.11 Å². The third kappa shape index (κ3) is 0.827. The molecule has 0 saturated heterocycles. The third-order valence-corrected chi connectivity index (χ3v) is 6.95. The van der Waals surface area contributed by atoms with Gasteiger partial charge in [-0.2, -0.15) is 0 Å². The van der Waals surface area contributed by atoms with Crippen molar-refractivity contribution in [1.82, 2.24) is 0 Å². The standard InChI is InChI=1S/C15H24O/c1-10-6-9-14(3)12(16)11(10)13(2)7-5-8-15(13,14)4/h11-12,16H,1,5-9H2,2-4H3/t11-,12+,13+,14-,15-/m1/s1. The SMILES string of the molecule is C=C1CC[C@]2(C)[C@@H](O)[C@@H]1[C@]1(C)CCC[C@]12C. The van der Waals surface area contributed by atoms with Crippen LogP contribution in [0.25, 0.3) is 0 Å². The number of hydrogen-bond donors (Lipinski definition) is 1. The summed E-state index contributed by atoms with van der Waals surface area (Å²) in [4.78, 5) is 0. The third-order valence-electron chi connectivity index (χ3n) is 6.95. The molecule has 0 aromatic carbocycles. The van der Waals surface area contributed by atoms with Gasteiger partial charge in [0.15, 0.2) is 0 Å². The topological polar surface area (TPSA) is 20.2 Å². The molecular formula is C15H24O. The van der Waals surface area contributed by atoms with Crippen molar-refractivity contribution in [3.05, 3.63) is 12.2 Å². The van der Waals surface area contributed by atoms with Crippen LogP contribution in [0, 0.1) is 22.2 Å². The number of aliphatic hydroxyl groups is 1. The van der Waals surface area contributed by atoms with Gasteiger partial charge in [-0.1, -0.05) is 39.3 Å². The van der Waals surface area contributed by atoms with Crippen molar-refractivity contribution in [3.63, 3.8) is 0 Å². The quantitative estimate of drug-likeness (QED) is 0.619. The molecule has 0 aliphatic heterocycles. The van der Waals surface area contributed by atoms with Gasteiger partial charge in [-0.25, -0.2) is 0 Å². The Morgan fingerprint density at radius 1 is 1.12 bits per heavy atom. The zero-order chi connectivity index (χ0) is 11.8. The maximum atomic E-state index is 10.7. The fourth-order valence-electron chi connectivity index (χ4n) is 5.52. The van der Waals surface area contributed by atoms with Crippen LogP contribution in [0.3, 0.4) is 0 Å². The highest BCUT2D eigenvalue weighted by Gasteiger charge is 2.72. The van der Waals surface area contributed by atoms with Gasteiger partial charge in [0.05, 0.1) is 6.10 Å². The lowest BCUT2D eigenvalue weighted by atomic mass is 9.59. The summed E-state index contributed by atoms with van der Waals surface area (Å²) in [6.45, 7) is 11.4. The zero-order valence-corrected chi connectivity index (χ0v) is 10.8. The van der Waals surface area contributed by atoms with Gasteiger partial charge in [-0.15, -0.1) is 0 Å². The van der Waals surface area contributed by atoms with Crippen molar-refractivity contribution in [2.45, 2.75) is 59.0 Å². The molecule has 0 spiro atoms. The second kappa shape index (κ2) is 2.75. The van der Waals surface area contributed by atoms with E-state index in [1.165, 1.54) is 24.8 Å². The lowest BCUT2D eigenvalue weighted by Crippen LogP contribution is -2.43. The molecule has 0 aromatic heterocycles. The van der Waals surface area contributed by atoms with Crippen LogP contribution >= 0.6 is 0 Å². The van der Waals surface area contributed by atoms with Crippen molar-refractivity contribution in [2.75, 3.05) is 0 Å². The van der Waals surface area contributed by atoms with E-state index in [-0.39, 0.29) is 11.5 Å². The van der Waals surface area contributed by atoms with Crippen LogP contribution in [0.1, 0.15) is 52.9 Å². The Bertz CT molecular complexity index is 360. The molecule has 3 saturated carbocycles. The predicted molar refractivity (Wildman–Crippen MR) is 66.0 cm³/mol. The van der Waals surface area contributed by atoms with Crippen molar-refractivity contribution < 1.29 is 5.11 Å². The first-order valence-electron chi connectivity index (χ1n) is 6.73. The van der Waals surface area contributed by atoms with Crippen molar-refractivity contribution >= 4 is 0 Å². The van der Waals surface area contributed by atoms with E-state index in [9.17, 15) is 5.11 Å². The minimum Gasteiger partial charge on any atom is -0.392 e. The van der Waals surface area contributed by atoms with E-state index >= 15 is 0 Å². The molecule has 3 aliphatic carbocycles. The average Bonchev–Trinajstić information content (AvgIpc) is 2.55. The molecule has 0 heterocycles. The van der Waals surface area contributed by atoms with Crippen LogP contribution < -0.4 is 0 Å². The molecule has 3 fully saturated rings. The molecule has 1 nitrogen and oxygen atoms in total. The second-order valence-corrected chi connectivity index (χ2v) is 7.10. The Balaban J connectivity index is 2.21. The molecule has 1 N–H and O–H groups in total. The van der Waals surface area contributed by atoms with Crippen LogP contribution in [-0.2, 0) is 0 Å². The number of rotatable bonds is 0. The van der Waals surface area contributed by atoms with E-state index in [2.05, 4.69) is 27.4 Å². The van der Waals surface area contributed by atoms with Crippen molar-refractivity contribution in [1.29, 1.82) is 0 Å². The average molecular weight is 220 g/mol. The first-order valence-corrected chi connectivity index (χ1v) is 6.73. The first kappa shape index (κ1) is 10.8. The maximum Gasteiger partial charge on any atom is 0.0669 e. The van der Waals surface area contributed by atoms with E-state index in [1.807, 2.05) is 0 Å². The van der Waals surface area contributed by atoms with E-state index < -0.39 is 0 Å². The minimum atomic E-state index is -0.149. The van der Waals surface area contributed by atoms with Crippen molar-refractivity contribution in [2.24, 2.45) is 22.2 Å². The first-order chi connectivity index (χ1) is 7.37. The highest BCUT2D eigenvalue weighted by molar-refractivity contribution is 5.29. The van der Waals surface area contributed by atoms with Crippen molar-refractivity contribution in [3.8, 4) is 0 Å². The lowest BCUT2D eigenvalue weighted by Gasteiger charge is -2.46. The maximum absolute atomic E-state index is 10.7. The van der Waals surface area contributed by atoms with Crippen LogP contribution in [0.2, 0.25) is 0 Å². The summed E-state index contributed by atoms with van der Waals surface area (Å²) in [7, 11) is 0. The summed E-state index contributed by atoms with van der Waals surface area (Å²) in [5, 5.41) is 10.7. The number of fused-ring (bicyclic) bond motifs is 5. The predicted octanol–water partition coefficient (Wildman–Crippen LogP) is 3.53. The van der Waals surface area contributed by atoms with Gasteiger partial charge >= 0.3 is 0 Å². The summed E-state index contributed by atoms with van der Waals surface area (Å²) in [6.07, 6.45) is 6.02. The van der Waals surface area contributed by atoms with E-state index in [0.717, 1.165) is 12.8 Å². The van der Waals surface area contributed by atoms with Gasteiger partial charge in [-0.05, 0) is 36.5 Å². The Hall–Kier alpha value is -0.300. The molecule has 2 bridgehead atoms. The Morgan fingerprint density at radius 3 is 2.50 bits per heavy atom. The molecule has 16 heavy (non-hydrogen) atoms. The van der Waals surface area contributed by atoms with Gasteiger partial charge in [0, 0.05) is 11.3 Å². The minimum absolute atomic E-state index is 0.129. The van der Waals surface area contributed by atoms with Crippen LogP contribution in [0.4, 0.5) is 0 Å². The molecule has 3 rings (SSSR count). The molecule has 0 unspecified atom stereocenters. The molecule has 0 aromatic rings. The molecule has 1 heteroatoms. The smallest absolute Gasteiger partial charge is 0.0669 e. The van der Waals surface area contributed by atoms with Crippen LogP contribution in [-0.4, -0.2) is 11.2 Å². The monoisotopic (exact) mass is 220 g/mol. The summed E-state index contributed by atoms with van der Waals surface area (Å²) in [5.41, 5.74) is 2.07. The summed E-state index contributed by atoms with van der Waals surface area (Å²) < 4.78 is 0. The molecular weight excluding hydrogens is 196 g/mol. The fraction of sp³-hybridized carbons (Fsp3) is 0.867. The fourth-order valence-corrected chi connectivity index (χ4v) is 5.52. The lowest BCUT2D eigenvalue weighted by molar-refractivity contribution is -0.0347. The van der Waals surface area contributed by atoms with E-state index in [0.29, 0.717) is 16.7 Å². The van der Waals surface area contributed by atoms with Gasteiger partial charge in [0.25, 0.3) is 0 Å². The van der Waals surface area contributed by atoms with E-state index in [4.69, 9.17) is 0 Å². The second-order valence-electron chi connectivity index (χ2n) is 7.10. The van der Waals surface area contributed by atoms with Gasteiger partial charge in [-0.3, -0.25) is 0 Å². The van der Waals surface area contributed by atoms with E-state index in [1.54, 1.807) is 0 Å². The Labute approximate surface area is 98.9 Å². The molecule has 5 atom stereocenters. The Kier molecular flexibility index (Phi) is 1.86. The highest BCUT2D eigenvalue weighted by Crippen LogP contribution is 2.76. The van der Waals surface area contributed by atoms with Gasteiger partial charge in [0.2, 0.25) is 0 Å². The van der Waals surface area contributed by atoms with Crippen LogP contribution in [0.15, 0.2) is 12.2 Å². The highest BCUT2D eigenvalue weighted by atomic mass is 16.3. The molecule has 3 aliphatic rings. The molecule has 0 radical (unpaired) electrons. The van der Waals surface area contributed by atoms with Gasteiger partial charge in [0.1, 0.15) is 0 Å². The zero-order valence-electron chi connectivity index (χ0n) is 10.8. The summed E-state index contributed by atoms with van der Waals surface area (Å²) in [6, 6.07) is 0.